The summed E-state index contributed by atoms with van der Waals surface area (Å²) in [7, 11) is 0. The van der Waals surface area contributed by atoms with Crippen molar-refractivity contribution < 1.29 is 14.9 Å². The van der Waals surface area contributed by atoms with Gasteiger partial charge in [-0.3, -0.25) is 0 Å². The Morgan fingerprint density at radius 1 is 1.33 bits per heavy atom. The first kappa shape index (κ1) is 9.96. The van der Waals surface area contributed by atoms with Crippen molar-refractivity contribution in [2.45, 2.75) is 32.3 Å². The number of rotatable bonds is 2. The molecule has 0 unspecified atom stereocenters. The van der Waals surface area contributed by atoms with Gasteiger partial charge in [0.15, 0.2) is 0 Å². The molecule has 0 aliphatic carbocycles. The lowest BCUT2D eigenvalue weighted by Crippen LogP contribution is -2.50. The summed E-state index contributed by atoms with van der Waals surface area (Å²) < 4.78 is 5.16. The van der Waals surface area contributed by atoms with E-state index in [-0.39, 0.29) is 6.61 Å². The highest BCUT2D eigenvalue weighted by Gasteiger charge is 2.43. The molecule has 0 atom stereocenters. The standard InChI is InChI=1S/C9H18O3/c1-8(2,7-10)9(11)3-5-12-6-4-9/h10-11H,3-7H2,1-2H3. The second kappa shape index (κ2) is 3.32. The molecular formula is C9H18O3. The summed E-state index contributed by atoms with van der Waals surface area (Å²) in [6, 6.07) is 0. The number of aliphatic hydroxyl groups is 2. The number of aliphatic hydroxyl groups excluding tert-OH is 1. The zero-order valence-corrected chi connectivity index (χ0v) is 7.84. The Balaban J connectivity index is 2.68. The molecule has 3 nitrogen and oxygen atoms in total. The fourth-order valence-corrected chi connectivity index (χ4v) is 1.53. The third kappa shape index (κ3) is 1.63. The van der Waals surface area contributed by atoms with Gasteiger partial charge in [-0.25, -0.2) is 0 Å². The van der Waals surface area contributed by atoms with Crippen LogP contribution in [0.4, 0.5) is 0 Å². The molecule has 0 saturated carbocycles. The first-order valence-electron chi connectivity index (χ1n) is 4.43. The van der Waals surface area contributed by atoms with Crippen molar-refractivity contribution in [3.05, 3.63) is 0 Å². The van der Waals surface area contributed by atoms with Crippen LogP contribution in [0.3, 0.4) is 0 Å². The second-order valence-electron chi connectivity index (χ2n) is 4.19. The molecule has 1 aliphatic heterocycles. The van der Waals surface area contributed by atoms with Gasteiger partial charge in [0.05, 0.1) is 12.2 Å². The summed E-state index contributed by atoms with van der Waals surface area (Å²) in [5.41, 5.74) is -1.17. The van der Waals surface area contributed by atoms with Crippen LogP contribution in [0.15, 0.2) is 0 Å². The van der Waals surface area contributed by atoms with Crippen molar-refractivity contribution in [2.75, 3.05) is 19.8 Å². The van der Waals surface area contributed by atoms with Crippen molar-refractivity contribution in [1.29, 1.82) is 0 Å². The Kier molecular flexibility index (Phi) is 2.76. The van der Waals surface area contributed by atoms with Crippen molar-refractivity contribution in [3.8, 4) is 0 Å². The van der Waals surface area contributed by atoms with Gasteiger partial charge in [-0.05, 0) is 0 Å². The van der Waals surface area contributed by atoms with Gasteiger partial charge in [0.25, 0.3) is 0 Å². The van der Waals surface area contributed by atoms with Gasteiger partial charge >= 0.3 is 0 Å². The zero-order chi connectivity index (χ0) is 9.24. The minimum atomic E-state index is -0.750. The number of hydrogen-bond acceptors (Lipinski definition) is 3. The molecule has 0 bridgehead atoms. The molecule has 0 aromatic heterocycles. The van der Waals surface area contributed by atoms with E-state index >= 15 is 0 Å². The van der Waals surface area contributed by atoms with E-state index in [0.717, 1.165) is 0 Å². The van der Waals surface area contributed by atoms with Crippen LogP contribution < -0.4 is 0 Å². The summed E-state index contributed by atoms with van der Waals surface area (Å²) in [6.07, 6.45) is 1.25. The van der Waals surface area contributed by atoms with Crippen LogP contribution in [-0.2, 0) is 4.74 Å². The summed E-state index contributed by atoms with van der Waals surface area (Å²) in [5.74, 6) is 0. The van der Waals surface area contributed by atoms with Crippen LogP contribution in [0.2, 0.25) is 0 Å². The van der Waals surface area contributed by atoms with Crippen LogP contribution in [-0.4, -0.2) is 35.6 Å². The maximum absolute atomic E-state index is 10.2. The summed E-state index contributed by atoms with van der Waals surface area (Å²) in [6.45, 7) is 4.99. The van der Waals surface area contributed by atoms with E-state index < -0.39 is 11.0 Å². The van der Waals surface area contributed by atoms with Gasteiger partial charge in [-0.15, -0.1) is 0 Å². The smallest absolute Gasteiger partial charge is 0.0764 e. The average molecular weight is 174 g/mol. The molecule has 2 N–H and O–H groups in total. The number of ether oxygens (including phenoxy) is 1. The van der Waals surface area contributed by atoms with Crippen LogP contribution >= 0.6 is 0 Å². The zero-order valence-electron chi connectivity index (χ0n) is 7.84. The maximum atomic E-state index is 10.2. The minimum absolute atomic E-state index is 0.0174. The van der Waals surface area contributed by atoms with Gasteiger partial charge in [0.2, 0.25) is 0 Å². The van der Waals surface area contributed by atoms with Crippen molar-refractivity contribution >= 4 is 0 Å². The molecular weight excluding hydrogens is 156 g/mol. The molecule has 12 heavy (non-hydrogen) atoms. The van der Waals surface area contributed by atoms with Gasteiger partial charge in [-0.2, -0.15) is 0 Å². The van der Waals surface area contributed by atoms with Crippen LogP contribution in [0.1, 0.15) is 26.7 Å². The molecule has 0 amide bonds. The third-order valence-electron chi connectivity index (χ3n) is 2.98. The predicted molar refractivity (Wildman–Crippen MR) is 45.9 cm³/mol. The minimum Gasteiger partial charge on any atom is -0.396 e. The summed E-state index contributed by atoms with van der Waals surface area (Å²) in [5, 5.41) is 19.3. The highest BCUT2D eigenvalue weighted by Crippen LogP contribution is 2.37. The Morgan fingerprint density at radius 3 is 2.25 bits per heavy atom. The van der Waals surface area contributed by atoms with Gasteiger partial charge in [-0.1, -0.05) is 13.8 Å². The van der Waals surface area contributed by atoms with Crippen LogP contribution in [0.25, 0.3) is 0 Å². The molecule has 1 aliphatic rings. The summed E-state index contributed by atoms with van der Waals surface area (Å²) >= 11 is 0. The molecule has 1 heterocycles. The topological polar surface area (TPSA) is 49.7 Å². The monoisotopic (exact) mass is 174 g/mol. The lowest BCUT2D eigenvalue weighted by atomic mass is 9.71. The van der Waals surface area contributed by atoms with Gasteiger partial charge < -0.3 is 14.9 Å². The van der Waals surface area contributed by atoms with Crippen LogP contribution in [0, 0.1) is 5.41 Å². The van der Waals surface area contributed by atoms with E-state index in [2.05, 4.69) is 0 Å². The van der Waals surface area contributed by atoms with E-state index in [9.17, 15) is 5.11 Å². The highest BCUT2D eigenvalue weighted by atomic mass is 16.5. The van der Waals surface area contributed by atoms with E-state index in [1.54, 1.807) is 0 Å². The largest absolute Gasteiger partial charge is 0.396 e. The molecule has 0 spiro atoms. The molecule has 1 rings (SSSR count). The van der Waals surface area contributed by atoms with E-state index in [4.69, 9.17) is 9.84 Å². The highest BCUT2D eigenvalue weighted by molar-refractivity contribution is 4.94. The first-order valence-corrected chi connectivity index (χ1v) is 4.43. The molecule has 0 aromatic rings. The first-order chi connectivity index (χ1) is 5.52. The van der Waals surface area contributed by atoms with E-state index in [1.165, 1.54) is 0 Å². The van der Waals surface area contributed by atoms with Crippen molar-refractivity contribution in [2.24, 2.45) is 5.41 Å². The SMILES string of the molecule is CC(C)(CO)C1(O)CCOCC1. The Morgan fingerprint density at radius 2 is 1.83 bits per heavy atom. The molecule has 72 valence electrons. The lowest BCUT2D eigenvalue weighted by molar-refractivity contribution is -0.145. The van der Waals surface area contributed by atoms with Crippen molar-refractivity contribution in [3.63, 3.8) is 0 Å². The quantitative estimate of drug-likeness (QED) is 0.642. The maximum Gasteiger partial charge on any atom is 0.0764 e. The molecule has 1 fully saturated rings. The Bertz CT molecular complexity index is 148. The Hall–Kier alpha value is -0.120. The molecule has 0 radical (unpaired) electrons. The van der Waals surface area contributed by atoms with E-state index in [0.29, 0.717) is 26.1 Å². The lowest BCUT2D eigenvalue weighted by Gasteiger charge is -2.44. The number of hydrogen-bond donors (Lipinski definition) is 2. The molecule has 0 aromatic carbocycles. The average Bonchev–Trinajstić information content (AvgIpc) is 2.06. The summed E-state index contributed by atoms with van der Waals surface area (Å²) in [4.78, 5) is 0. The second-order valence-corrected chi connectivity index (χ2v) is 4.19. The fraction of sp³-hybridized carbons (Fsp3) is 1.00. The molecule has 3 heteroatoms. The predicted octanol–water partition coefficient (Wildman–Crippen LogP) is 0.546. The molecule has 1 saturated heterocycles. The van der Waals surface area contributed by atoms with Crippen molar-refractivity contribution in [1.82, 2.24) is 0 Å². The third-order valence-corrected chi connectivity index (χ3v) is 2.98. The van der Waals surface area contributed by atoms with Gasteiger partial charge in [0, 0.05) is 31.5 Å². The van der Waals surface area contributed by atoms with Crippen LogP contribution in [0.5, 0.6) is 0 Å². The van der Waals surface area contributed by atoms with E-state index in [1.807, 2.05) is 13.8 Å². The van der Waals surface area contributed by atoms with Gasteiger partial charge in [0.1, 0.15) is 0 Å². The Labute approximate surface area is 73.4 Å². The fourth-order valence-electron chi connectivity index (χ4n) is 1.53. The normalized spacial score (nSPS) is 24.0.